The van der Waals surface area contributed by atoms with E-state index in [0.717, 1.165) is 0 Å². The van der Waals surface area contributed by atoms with Gasteiger partial charge in [-0.25, -0.2) is 0 Å². The largest absolute Gasteiger partial charge is 0.495 e. The standard InChI is InChI=1S/C15H18N2O3/c1-3-8-16-14(18)10-9-11(10)15(19)17-12-6-4-5-7-13(12)20-2/h3-7,10-11H,1,8-9H2,2H3,(H,16,18)(H,17,19). The topological polar surface area (TPSA) is 67.4 Å². The molecule has 0 aliphatic heterocycles. The number of carbonyl (C=O) groups excluding carboxylic acids is 2. The molecular weight excluding hydrogens is 256 g/mol. The molecule has 2 amide bonds. The van der Waals surface area contributed by atoms with Crippen molar-refractivity contribution in [3.8, 4) is 5.75 Å². The van der Waals surface area contributed by atoms with Crippen molar-refractivity contribution in [3.63, 3.8) is 0 Å². The summed E-state index contributed by atoms with van der Waals surface area (Å²) in [5, 5.41) is 5.50. The minimum absolute atomic E-state index is 0.0925. The Kier molecular flexibility index (Phi) is 4.40. The molecule has 5 nitrogen and oxygen atoms in total. The highest BCUT2D eigenvalue weighted by Crippen LogP contribution is 2.40. The van der Waals surface area contributed by atoms with Gasteiger partial charge in [0.15, 0.2) is 0 Å². The van der Waals surface area contributed by atoms with Gasteiger partial charge < -0.3 is 15.4 Å². The molecule has 0 saturated heterocycles. The highest BCUT2D eigenvalue weighted by Gasteiger charge is 2.47. The van der Waals surface area contributed by atoms with E-state index in [2.05, 4.69) is 17.2 Å². The number of nitrogens with one attached hydrogen (secondary N) is 2. The number of hydrogen-bond acceptors (Lipinski definition) is 3. The maximum absolute atomic E-state index is 12.1. The van der Waals surface area contributed by atoms with Gasteiger partial charge in [0.25, 0.3) is 0 Å². The molecular formula is C15H18N2O3. The molecule has 2 rings (SSSR count). The Morgan fingerprint density at radius 1 is 1.35 bits per heavy atom. The van der Waals surface area contributed by atoms with Gasteiger partial charge in [-0.15, -0.1) is 6.58 Å². The SMILES string of the molecule is C=CCNC(=O)C1CC1C(=O)Nc1ccccc1OC. The predicted molar refractivity (Wildman–Crippen MR) is 76.4 cm³/mol. The van der Waals surface area contributed by atoms with E-state index in [4.69, 9.17) is 4.74 Å². The molecule has 0 aromatic heterocycles. The van der Waals surface area contributed by atoms with Gasteiger partial charge in [0, 0.05) is 6.54 Å². The van der Waals surface area contributed by atoms with Gasteiger partial charge in [0.2, 0.25) is 11.8 Å². The maximum atomic E-state index is 12.1. The first-order valence-electron chi connectivity index (χ1n) is 6.50. The number of methoxy groups -OCH3 is 1. The second-order valence-corrected chi connectivity index (χ2v) is 4.67. The lowest BCUT2D eigenvalue weighted by molar-refractivity contribution is -0.125. The number of ether oxygens (including phenoxy) is 1. The van der Waals surface area contributed by atoms with Crippen molar-refractivity contribution in [1.82, 2.24) is 5.32 Å². The van der Waals surface area contributed by atoms with Crippen molar-refractivity contribution in [2.75, 3.05) is 19.0 Å². The van der Waals surface area contributed by atoms with E-state index >= 15 is 0 Å². The van der Waals surface area contributed by atoms with Crippen LogP contribution in [-0.2, 0) is 9.59 Å². The molecule has 0 spiro atoms. The van der Waals surface area contributed by atoms with Crippen molar-refractivity contribution in [2.24, 2.45) is 11.8 Å². The number of amides is 2. The van der Waals surface area contributed by atoms with Crippen LogP contribution in [0.25, 0.3) is 0 Å². The molecule has 5 heteroatoms. The minimum Gasteiger partial charge on any atom is -0.495 e. The van der Waals surface area contributed by atoms with E-state index in [9.17, 15) is 9.59 Å². The molecule has 1 aliphatic rings. The first kappa shape index (κ1) is 14.1. The van der Waals surface area contributed by atoms with Crippen LogP contribution in [0.15, 0.2) is 36.9 Å². The first-order chi connectivity index (χ1) is 9.67. The van der Waals surface area contributed by atoms with Crippen LogP contribution >= 0.6 is 0 Å². The number of benzene rings is 1. The van der Waals surface area contributed by atoms with Crippen LogP contribution in [0, 0.1) is 11.8 Å². The van der Waals surface area contributed by atoms with Crippen LogP contribution in [0.2, 0.25) is 0 Å². The molecule has 1 aromatic carbocycles. The molecule has 1 saturated carbocycles. The smallest absolute Gasteiger partial charge is 0.228 e. The van der Waals surface area contributed by atoms with E-state index in [-0.39, 0.29) is 23.7 Å². The van der Waals surface area contributed by atoms with Gasteiger partial charge >= 0.3 is 0 Å². The summed E-state index contributed by atoms with van der Waals surface area (Å²) in [5.41, 5.74) is 0.622. The van der Waals surface area contributed by atoms with E-state index in [1.807, 2.05) is 12.1 Å². The molecule has 20 heavy (non-hydrogen) atoms. The van der Waals surface area contributed by atoms with Gasteiger partial charge in [-0.2, -0.15) is 0 Å². The summed E-state index contributed by atoms with van der Waals surface area (Å²) >= 11 is 0. The second kappa shape index (κ2) is 6.23. The van der Waals surface area contributed by atoms with Crippen molar-refractivity contribution in [3.05, 3.63) is 36.9 Å². The molecule has 1 aromatic rings. The number of rotatable bonds is 6. The average Bonchev–Trinajstić information content (AvgIpc) is 3.26. The zero-order valence-electron chi connectivity index (χ0n) is 11.4. The van der Waals surface area contributed by atoms with Gasteiger partial charge in [0.05, 0.1) is 24.6 Å². The lowest BCUT2D eigenvalue weighted by Gasteiger charge is -2.09. The molecule has 2 unspecified atom stereocenters. The van der Waals surface area contributed by atoms with Crippen molar-refractivity contribution >= 4 is 17.5 Å². The lowest BCUT2D eigenvalue weighted by Crippen LogP contribution is -2.27. The lowest BCUT2D eigenvalue weighted by atomic mass is 10.2. The molecule has 0 bridgehead atoms. The number of carbonyl (C=O) groups is 2. The van der Waals surface area contributed by atoms with E-state index in [1.165, 1.54) is 0 Å². The fourth-order valence-electron chi connectivity index (χ4n) is 2.05. The molecule has 0 radical (unpaired) electrons. The number of hydrogen-bond donors (Lipinski definition) is 2. The third-order valence-electron chi connectivity index (χ3n) is 3.25. The minimum atomic E-state index is -0.260. The molecule has 2 N–H and O–H groups in total. The molecule has 2 atom stereocenters. The van der Waals surface area contributed by atoms with E-state index in [0.29, 0.717) is 24.4 Å². The normalized spacial score (nSPS) is 19.9. The Labute approximate surface area is 118 Å². The highest BCUT2D eigenvalue weighted by molar-refractivity contribution is 6.00. The van der Waals surface area contributed by atoms with Gasteiger partial charge in [0.1, 0.15) is 5.75 Å². The van der Waals surface area contributed by atoms with Crippen molar-refractivity contribution in [1.29, 1.82) is 0 Å². The summed E-state index contributed by atoms with van der Waals surface area (Å²) in [6.45, 7) is 3.96. The molecule has 1 fully saturated rings. The van der Waals surface area contributed by atoms with Gasteiger partial charge in [-0.1, -0.05) is 18.2 Å². The monoisotopic (exact) mass is 274 g/mol. The summed E-state index contributed by atoms with van der Waals surface area (Å²) in [6, 6.07) is 7.19. The van der Waals surface area contributed by atoms with Crippen LogP contribution in [-0.4, -0.2) is 25.5 Å². The highest BCUT2D eigenvalue weighted by atomic mass is 16.5. The van der Waals surface area contributed by atoms with E-state index < -0.39 is 0 Å². The number of anilines is 1. The third kappa shape index (κ3) is 3.17. The van der Waals surface area contributed by atoms with Crippen LogP contribution in [0.4, 0.5) is 5.69 Å². The first-order valence-corrected chi connectivity index (χ1v) is 6.50. The number of para-hydroxylation sites is 2. The summed E-state index contributed by atoms with van der Waals surface area (Å²) < 4.78 is 5.17. The molecule has 106 valence electrons. The summed E-state index contributed by atoms with van der Waals surface area (Å²) in [4.78, 5) is 23.8. The predicted octanol–water partition coefficient (Wildman–Crippen LogP) is 1.57. The fraction of sp³-hybridized carbons (Fsp3) is 0.333. The van der Waals surface area contributed by atoms with Crippen LogP contribution in [0.3, 0.4) is 0 Å². The molecule has 0 heterocycles. The Balaban J connectivity index is 1.91. The van der Waals surface area contributed by atoms with Crippen LogP contribution in [0.1, 0.15) is 6.42 Å². The molecule has 1 aliphatic carbocycles. The second-order valence-electron chi connectivity index (χ2n) is 4.67. The maximum Gasteiger partial charge on any atom is 0.228 e. The Morgan fingerprint density at radius 3 is 2.75 bits per heavy atom. The Hall–Kier alpha value is -2.30. The Morgan fingerprint density at radius 2 is 2.05 bits per heavy atom. The zero-order chi connectivity index (χ0) is 14.5. The Bertz CT molecular complexity index is 528. The van der Waals surface area contributed by atoms with E-state index in [1.54, 1.807) is 25.3 Å². The van der Waals surface area contributed by atoms with Crippen molar-refractivity contribution in [2.45, 2.75) is 6.42 Å². The van der Waals surface area contributed by atoms with Crippen LogP contribution < -0.4 is 15.4 Å². The summed E-state index contributed by atoms with van der Waals surface area (Å²) in [5.74, 6) is -0.123. The summed E-state index contributed by atoms with van der Waals surface area (Å²) in [6.07, 6.45) is 2.20. The van der Waals surface area contributed by atoms with Gasteiger partial charge in [-0.3, -0.25) is 9.59 Å². The third-order valence-corrected chi connectivity index (χ3v) is 3.25. The average molecular weight is 274 g/mol. The van der Waals surface area contributed by atoms with Crippen LogP contribution in [0.5, 0.6) is 5.75 Å². The quantitative estimate of drug-likeness (QED) is 0.774. The fourth-order valence-corrected chi connectivity index (χ4v) is 2.05. The van der Waals surface area contributed by atoms with Crippen molar-refractivity contribution < 1.29 is 14.3 Å². The zero-order valence-corrected chi connectivity index (χ0v) is 11.4. The van der Waals surface area contributed by atoms with Gasteiger partial charge in [-0.05, 0) is 18.6 Å². The summed E-state index contributed by atoms with van der Waals surface area (Å²) in [7, 11) is 1.55.